The highest BCUT2D eigenvalue weighted by molar-refractivity contribution is 5.96. The number of methoxy groups -OCH3 is 1. The highest BCUT2D eigenvalue weighted by Gasteiger charge is 2.28. The van der Waals surface area contributed by atoms with Gasteiger partial charge in [-0.25, -0.2) is 14.6 Å². The van der Waals surface area contributed by atoms with Gasteiger partial charge >= 0.3 is 0 Å². The Labute approximate surface area is 256 Å². The normalized spacial score (nSPS) is 15.5. The summed E-state index contributed by atoms with van der Waals surface area (Å²) < 4.78 is 13.2. The smallest absolute Gasteiger partial charge is 0.254 e. The quantitative estimate of drug-likeness (QED) is 0.270. The zero-order chi connectivity index (χ0) is 31.1. The molecule has 2 aromatic heterocycles. The molecule has 0 bridgehead atoms. The molecule has 1 saturated heterocycles. The van der Waals surface area contributed by atoms with Gasteiger partial charge in [0.2, 0.25) is 5.95 Å². The van der Waals surface area contributed by atoms with E-state index < -0.39 is 0 Å². The standard InChI is InChI=1S/C31H36N10O3/c1-21(18-40-20-35-37-38-40)44-29-14-22(8-9-24(29)15-32)25-16-33-31(34-17-25)36-27-13-23(10-11-28(27)43-4)30(42)41-12-6-5-7-26(41)19-39(2)3/h8-11,13-14,16-17,20-21,26H,5-7,12,18-19H2,1-4H3,(H,33,34,36). The number of aromatic nitrogens is 6. The molecule has 1 aliphatic rings. The number of anilines is 2. The third-order valence-electron chi connectivity index (χ3n) is 7.41. The Hall–Kier alpha value is -5.09. The fraction of sp³-hybridized carbons (Fsp3) is 0.387. The van der Waals surface area contributed by atoms with Crippen molar-refractivity contribution in [2.75, 3.05) is 39.6 Å². The zero-order valence-corrected chi connectivity index (χ0v) is 25.3. The van der Waals surface area contributed by atoms with E-state index in [0.717, 1.165) is 43.5 Å². The Morgan fingerprint density at radius 2 is 1.95 bits per heavy atom. The first kappa shape index (κ1) is 30.4. The average molecular weight is 597 g/mol. The van der Waals surface area contributed by atoms with Gasteiger partial charge in [-0.3, -0.25) is 4.79 Å². The molecule has 1 amide bonds. The molecular formula is C31H36N10O3. The number of ether oxygens (including phenoxy) is 2. The first-order chi connectivity index (χ1) is 21.3. The lowest BCUT2D eigenvalue weighted by Crippen LogP contribution is -2.48. The van der Waals surface area contributed by atoms with Gasteiger partial charge in [-0.15, -0.1) is 5.10 Å². The lowest BCUT2D eigenvalue weighted by atomic mass is 10.00. The number of benzene rings is 2. The lowest BCUT2D eigenvalue weighted by Gasteiger charge is -2.37. The number of piperidine rings is 1. The van der Waals surface area contributed by atoms with Crippen molar-refractivity contribution in [3.8, 4) is 28.7 Å². The van der Waals surface area contributed by atoms with Gasteiger partial charge in [-0.2, -0.15) is 5.26 Å². The molecule has 1 aliphatic heterocycles. The topological polar surface area (TPSA) is 147 Å². The number of nitrogens with one attached hydrogen (secondary N) is 1. The molecule has 0 spiro atoms. The van der Waals surface area contributed by atoms with Crippen LogP contribution in [0.25, 0.3) is 11.1 Å². The summed E-state index contributed by atoms with van der Waals surface area (Å²) in [6.07, 6.45) is 7.73. The van der Waals surface area contributed by atoms with Gasteiger partial charge in [-0.1, -0.05) is 6.07 Å². The van der Waals surface area contributed by atoms with Crippen LogP contribution in [0.2, 0.25) is 0 Å². The van der Waals surface area contributed by atoms with Crippen molar-refractivity contribution in [1.29, 1.82) is 5.26 Å². The summed E-state index contributed by atoms with van der Waals surface area (Å²) in [6, 6.07) is 13.1. The first-order valence-electron chi connectivity index (χ1n) is 14.5. The van der Waals surface area contributed by atoms with Crippen LogP contribution < -0.4 is 14.8 Å². The summed E-state index contributed by atoms with van der Waals surface area (Å²) in [4.78, 5) is 26.7. The molecule has 4 aromatic rings. The third kappa shape index (κ3) is 7.27. The van der Waals surface area contributed by atoms with Gasteiger partial charge in [0.1, 0.15) is 30.0 Å². The lowest BCUT2D eigenvalue weighted by molar-refractivity contribution is 0.0574. The summed E-state index contributed by atoms with van der Waals surface area (Å²) in [5.41, 5.74) is 3.12. The van der Waals surface area contributed by atoms with Crippen LogP contribution >= 0.6 is 0 Å². The van der Waals surface area contributed by atoms with E-state index >= 15 is 0 Å². The van der Waals surface area contributed by atoms with Crippen molar-refractivity contribution >= 4 is 17.5 Å². The second kappa shape index (κ2) is 13.9. The molecule has 2 aromatic carbocycles. The molecule has 2 atom stereocenters. The number of likely N-dealkylation sites (N-methyl/N-ethyl adjacent to an activating group) is 1. The highest BCUT2D eigenvalue weighted by atomic mass is 16.5. The number of nitrogens with zero attached hydrogens (tertiary/aromatic N) is 9. The summed E-state index contributed by atoms with van der Waals surface area (Å²) in [7, 11) is 5.65. The number of nitriles is 1. The number of tetrazole rings is 1. The first-order valence-corrected chi connectivity index (χ1v) is 14.5. The monoisotopic (exact) mass is 596 g/mol. The number of carbonyl (C=O) groups excluding carboxylic acids is 1. The molecule has 44 heavy (non-hydrogen) atoms. The van der Waals surface area contributed by atoms with Gasteiger partial charge < -0.3 is 24.6 Å². The minimum absolute atomic E-state index is 0.00429. The summed E-state index contributed by atoms with van der Waals surface area (Å²) >= 11 is 0. The number of hydrogen-bond donors (Lipinski definition) is 1. The minimum atomic E-state index is -0.282. The fourth-order valence-corrected chi connectivity index (χ4v) is 5.32. The number of likely N-dealkylation sites (tertiary alicyclic amines) is 1. The Bertz CT molecular complexity index is 1600. The van der Waals surface area contributed by atoms with Crippen LogP contribution in [0.15, 0.2) is 55.1 Å². The van der Waals surface area contributed by atoms with Crippen molar-refractivity contribution in [3.63, 3.8) is 0 Å². The predicted octanol–water partition coefficient (Wildman–Crippen LogP) is 3.78. The molecule has 1 fully saturated rings. The maximum Gasteiger partial charge on any atom is 0.254 e. The van der Waals surface area contributed by atoms with Gasteiger partial charge in [0.05, 0.1) is 24.9 Å². The highest BCUT2D eigenvalue weighted by Crippen LogP contribution is 2.31. The van der Waals surface area contributed by atoms with Crippen molar-refractivity contribution < 1.29 is 14.3 Å². The Morgan fingerprint density at radius 3 is 2.66 bits per heavy atom. The molecule has 228 valence electrons. The van der Waals surface area contributed by atoms with Crippen LogP contribution in [0.4, 0.5) is 11.6 Å². The van der Waals surface area contributed by atoms with Crippen LogP contribution in [0.1, 0.15) is 42.1 Å². The van der Waals surface area contributed by atoms with Crippen molar-refractivity contribution in [2.45, 2.75) is 44.9 Å². The van der Waals surface area contributed by atoms with E-state index in [2.05, 4.69) is 41.8 Å². The molecule has 13 heteroatoms. The van der Waals surface area contributed by atoms with Crippen molar-refractivity contribution in [2.24, 2.45) is 0 Å². The van der Waals surface area contributed by atoms with E-state index in [9.17, 15) is 10.1 Å². The van der Waals surface area contributed by atoms with E-state index in [1.807, 2.05) is 32.0 Å². The Balaban J connectivity index is 1.32. The van der Waals surface area contributed by atoms with E-state index in [0.29, 0.717) is 40.8 Å². The Kier molecular flexibility index (Phi) is 9.61. The van der Waals surface area contributed by atoms with E-state index in [1.54, 1.807) is 54.5 Å². The van der Waals surface area contributed by atoms with Gasteiger partial charge in [-0.05, 0) is 86.6 Å². The maximum atomic E-state index is 13.6. The molecular weight excluding hydrogens is 560 g/mol. The summed E-state index contributed by atoms with van der Waals surface area (Å²) in [5.74, 6) is 1.37. The van der Waals surface area contributed by atoms with Crippen LogP contribution in [0, 0.1) is 11.3 Å². The van der Waals surface area contributed by atoms with Crippen LogP contribution in [-0.2, 0) is 6.54 Å². The Morgan fingerprint density at radius 1 is 1.14 bits per heavy atom. The second-order valence-corrected chi connectivity index (χ2v) is 11.0. The van der Waals surface area contributed by atoms with Gasteiger partial charge in [0.15, 0.2) is 0 Å². The van der Waals surface area contributed by atoms with Crippen LogP contribution in [-0.4, -0.2) is 92.3 Å². The molecule has 2 unspecified atom stereocenters. The zero-order valence-electron chi connectivity index (χ0n) is 25.3. The van der Waals surface area contributed by atoms with E-state index in [-0.39, 0.29) is 18.1 Å². The molecule has 0 saturated carbocycles. The van der Waals surface area contributed by atoms with Crippen molar-refractivity contribution in [3.05, 3.63) is 66.2 Å². The van der Waals surface area contributed by atoms with E-state index in [1.165, 1.54) is 6.33 Å². The molecule has 0 aliphatic carbocycles. The molecule has 13 nitrogen and oxygen atoms in total. The van der Waals surface area contributed by atoms with Gasteiger partial charge in [0.25, 0.3) is 5.91 Å². The number of carbonyl (C=O) groups is 1. The summed E-state index contributed by atoms with van der Waals surface area (Å²) in [5, 5.41) is 23.9. The summed E-state index contributed by atoms with van der Waals surface area (Å²) in [6.45, 7) is 3.89. The minimum Gasteiger partial charge on any atom is -0.495 e. The van der Waals surface area contributed by atoms with Crippen LogP contribution in [0.3, 0.4) is 0 Å². The number of amides is 1. The average Bonchev–Trinajstić information content (AvgIpc) is 3.54. The number of hydrogen-bond acceptors (Lipinski definition) is 11. The molecule has 5 rings (SSSR count). The number of rotatable bonds is 11. The van der Waals surface area contributed by atoms with E-state index in [4.69, 9.17) is 9.47 Å². The largest absolute Gasteiger partial charge is 0.495 e. The van der Waals surface area contributed by atoms with Crippen molar-refractivity contribution in [1.82, 2.24) is 40.0 Å². The SMILES string of the molecule is COc1ccc(C(=O)N2CCCCC2CN(C)C)cc1Nc1ncc(-c2ccc(C#N)c(OC(C)Cn3cnnn3)c2)cn1. The molecule has 0 radical (unpaired) electrons. The third-order valence-corrected chi connectivity index (χ3v) is 7.41. The molecule has 1 N–H and O–H groups in total. The van der Waals surface area contributed by atoms with Crippen LogP contribution in [0.5, 0.6) is 11.5 Å². The van der Waals surface area contributed by atoms with Gasteiger partial charge in [0, 0.05) is 42.7 Å². The molecule has 3 heterocycles. The predicted molar refractivity (Wildman–Crippen MR) is 164 cm³/mol. The maximum absolute atomic E-state index is 13.6. The fourth-order valence-electron chi connectivity index (χ4n) is 5.32. The second-order valence-electron chi connectivity index (χ2n) is 11.0.